The SMILES string of the molecule is COCCCn1ccc(NC(=O)C(=O)NC[C@H](C)c2cccs2)n1. The number of carbonyl (C=O) groups excluding carboxylic acids is 2. The second-order valence-corrected chi connectivity index (χ2v) is 6.37. The lowest BCUT2D eigenvalue weighted by molar-refractivity contribution is -0.136. The molecule has 2 amide bonds. The fourth-order valence-electron chi connectivity index (χ4n) is 2.10. The molecule has 0 aliphatic carbocycles. The number of hydrogen-bond donors (Lipinski definition) is 2. The minimum Gasteiger partial charge on any atom is -0.385 e. The van der Waals surface area contributed by atoms with Gasteiger partial charge in [0.05, 0.1) is 0 Å². The Balaban J connectivity index is 1.76. The average Bonchev–Trinajstić information content (AvgIpc) is 3.24. The van der Waals surface area contributed by atoms with Crippen LogP contribution < -0.4 is 10.6 Å². The first-order chi connectivity index (χ1) is 11.6. The van der Waals surface area contributed by atoms with Crippen LogP contribution in [0, 0.1) is 0 Å². The number of methoxy groups -OCH3 is 1. The summed E-state index contributed by atoms with van der Waals surface area (Å²) in [6, 6.07) is 5.64. The number of aromatic nitrogens is 2. The van der Waals surface area contributed by atoms with Crippen molar-refractivity contribution in [1.29, 1.82) is 0 Å². The van der Waals surface area contributed by atoms with Crippen molar-refractivity contribution in [2.45, 2.75) is 25.8 Å². The first-order valence-electron chi connectivity index (χ1n) is 7.75. The minimum absolute atomic E-state index is 0.168. The molecule has 0 radical (unpaired) electrons. The van der Waals surface area contributed by atoms with E-state index in [1.807, 2.05) is 24.4 Å². The third kappa shape index (κ3) is 5.47. The summed E-state index contributed by atoms with van der Waals surface area (Å²) in [6.07, 6.45) is 2.58. The van der Waals surface area contributed by atoms with Crippen LogP contribution in [0.1, 0.15) is 24.1 Å². The fraction of sp³-hybridized carbons (Fsp3) is 0.438. The topological polar surface area (TPSA) is 85.2 Å². The number of nitrogens with zero attached hydrogens (tertiary/aromatic N) is 2. The molecule has 2 N–H and O–H groups in total. The molecule has 0 aliphatic rings. The molecule has 2 aromatic rings. The summed E-state index contributed by atoms with van der Waals surface area (Å²) >= 11 is 1.63. The Bertz CT molecular complexity index is 654. The number of carbonyl (C=O) groups is 2. The van der Waals surface area contributed by atoms with E-state index < -0.39 is 11.8 Å². The zero-order valence-corrected chi connectivity index (χ0v) is 14.6. The van der Waals surface area contributed by atoms with Crippen molar-refractivity contribution in [3.8, 4) is 0 Å². The van der Waals surface area contributed by atoms with E-state index in [1.165, 1.54) is 4.88 Å². The molecule has 0 fully saturated rings. The number of thiophene rings is 1. The van der Waals surface area contributed by atoms with Crippen LogP contribution in [0.5, 0.6) is 0 Å². The maximum Gasteiger partial charge on any atom is 0.314 e. The zero-order valence-electron chi connectivity index (χ0n) is 13.8. The summed E-state index contributed by atoms with van der Waals surface area (Å²) in [4.78, 5) is 24.9. The Morgan fingerprint density at radius 1 is 1.38 bits per heavy atom. The molecule has 8 heteroatoms. The number of rotatable bonds is 8. The standard InChI is InChI=1S/C16H22N4O3S/c1-12(13-5-3-10-24-13)11-17-15(21)16(22)18-14-6-8-20(19-14)7-4-9-23-2/h3,5-6,8,10,12H,4,7,9,11H2,1-2H3,(H,17,21)(H,18,19,22)/t12-/m0/s1. The van der Waals surface area contributed by atoms with Crippen LogP contribution in [0.2, 0.25) is 0 Å². The van der Waals surface area contributed by atoms with Crippen molar-refractivity contribution in [2.24, 2.45) is 0 Å². The van der Waals surface area contributed by atoms with Crippen LogP contribution in [0.25, 0.3) is 0 Å². The largest absolute Gasteiger partial charge is 0.385 e. The van der Waals surface area contributed by atoms with Gasteiger partial charge in [-0.3, -0.25) is 14.3 Å². The molecule has 7 nitrogen and oxygen atoms in total. The smallest absolute Gasteiger partial charge is 0.314 e. The first-order valence-corrected chi connectivity index (χ1v) is 8.63. The number of ether oxygens (including phenoxy) is 1. The minimum atomic E-state index is -0.712. The Hall–Kier alpha value is -2.19. The number of anilines is 1. The number of nitrogens with one attached hydrogen (secondary N) is 2. The van der Waals surface area contributed by atoms with Gasteiger partial charge in [-0.25, -0.2) is 0 Å². The zero-order chi connectivity index (χ0) is 17.4. The molecule has 0 saturated heterocycles. The van der Waals surface area contributed by atoms with Gasteiger partial charge in [0.15, 0.2) is 5.82 Å². The van der Waals surface area contributed by atoms with E-state index in [4.69, 9.17) is 4.74 Å². The normalized spacial score (nSPS) is 11.9. The lowest BCUT2D eigenvalue weighted by Crippen LogP contribution is -2.37. The van der Waals surface area contributed by atoms with E-state index in [9.17, 15) is 9.59 Å². The van der Waals surface area contributed by atoms with Crippen LogP contribution in [0.15, 0.2) is 29.8 Å². The predicted octanol–water partition coefficient (Wildman–Crippen LogP) is 1.84. The maximum atomic E-state index is 11.9. The predicted molar refractivity (Wildman–Crippen MR) is 93.1 cm³/mol. The summed E-state index contributed by atoms with van der Waals surface area (Å²) in [5, 5.41) is 11.3. The van der Waals surface area contributed by atoms with Crippen LogP contribution >= 0.6 is 11.3 Å². The Morgan fingerprint density at radius 3 is 2.92 bits per heavy atom. The van der Waals surface area contributed by atoms with Crippen molar-refractivity contribution in [3.63, 3.8) is 0 Å². The molecule has 2 heterocycles. The summed E-state index contributed by atoms with van der Waals surface area (Å²) < 4.78 is 6.68. The van der Waals surface area contributed by atoms with Crippen molar-refractivity contribution < 1.29 is 14.3 Å². The molecule has 0 aromatic carbocycles. The van der Waals surface area contributed by atoms with E-state index in [1.54, 1.807) is 35.4 Å². The van der Waals surface area contributed by atoms with Gasteiger partial charge in [-0.1, -0.05) is 13.0 Å². The number of hydrogen-bond acceptors (Lipinski definition) is 5. The number of amides is 2. The molecule has 0 aliphatic heterocycles. The second kappa shape index (κ2) is 9.19. The summed E-state index contributed by atoms with van der Waals surface area (Å²) in [5.74, 6) is -0.844. The van der Waals surface area contributed by atoms with Crippen molar-refractivity contribution in [3.05, 3.63) is 34.7 Å². The van der Waals surface area contributed by atoms with Gasteiger partial charge in [0.25, 0.3) is 0 Å². The van der Waals surface area contributed by atoms with E-state index >= 15 is 0 Å². The molecule has 0 unspecified atom stereocenters. The van der Waals surface area contributed by atoms with Crippen LogP contribution in [0.3, 0.4) is 0 Å². The van der Waals surface area contributed by atoms with Gasteiger partial charge in [-0.2, -0.15) is 5.10 Å². The van der Waals surface area contributed by atoms with Gasteiger partial charge in [-0.05, 0) is 17.9 Å². The van der Waals surface area contributed by atoms with Gasteiger partial charge < -0.3 is 15.4 Å². The van der Waals surface area contributed by atoms with Gasteiger partial charge >= 0.3 is 11.8 Å². The van der Waals surface area contributed by atoms with Gasteiger partial charge in [0.2, 0.25) is 0 Å². The van der Waals surface area contributed by atoms with E-state index in [0.717, 1.165) is 6.42 Å². The van der Waals surface area contributed by atoms with Crippen molar-refractivity contribution in [2.75, 3.05) is 25.6 Å². The van der Waals surface area contributed by atoms with E-state index in [0.29, 0.717) is 25.5 Å². The van der Waals surface area contributed by atoms with Gasteiger partial charge in [0, 0.05) is 49.9 Å². The molecular weight excluding hydrogens is 328 g/mol. The first kappa shape index (κ1) is 18.2. The van der Waals surface area contributed by atoms with Crippen LogP contribution in [-0.2, 0) is 20.9 Å². The van der Waals surface area contributed by atoms with Crippen LogP contribution in [-0.4, -0.2) is 41.9 Å². The van der Waals surface area contributed by atoms with Crippen LogP contribution in [0.4, 0.5) is 5.82 Å². The molecule has 130 valence electrons. The summed E-state index contributed by atoms with van der Waals surface area (Å²) in [7, 11) is 1.65. The third-order valence-corrected chi connectivity index (χ3v) is 4.53. The Kier molecular flexibility index (Phi) is 6.95. The highest BCUT2D eigenvalue weighted by Gasteiger charge is 2.16. The van der Waals surface area contributed by atoms with E-state index in [-0.39, 0.29) is 5.92 Å². The highest BCUT2D eigenvalue weighted by atomic mass is 32.1. The quantitative estimate of drug-likeness (QED) is 0.562. The summed E-state index contributed by atoms with van der Waals surface area (Å²) in [5.41, 5.74) is 0. The molecule has 0 bridgehead atoms. The molecule has 1 atom stereocenters. The second-order valence-electron chi connectivity index (χ2n) is 5.39. The fourth-order valence-corrected chi connectivity index (χ4v) is 2.88. The average molecular weight is 350 g/mol. The molecule has 0 spiro atoms. The maximum absolute atomic E-state index is 11.9. The third-order valence-electron chi connectivity index (χ3n) is 3.42. The number of aryl methyl sites for hydroxylation is 1. The van der Waals surface area contributed by atoms with E-state index in [2.05, 4.69) is 15.7 Å². The van der Waals surface area contributed by atoms with Crippen molar-refractivity contribution >= 4 is 29.0 Å². The Labute approximate surface area is 145 Å². The highest BCUT2D eigenvalue weighted by molar-refractivity contribution is 7.10. The monoisotopic (exact) mass is 350 g/mol. The lowest BCUT2D eigenvalue weighted by Gasteiger charge is -2.10. The summed E-state index contributed by atoms with van der Waals surface area (Å²) in [6.45, 7) is 3.75. The molecule has 2 rings (SSSR count). The Morgan fingerprint density at radius 2 is 2.21 bits per heavy atom. The lowest BCUT2D eigenvalue weighted by atomic mass is 10.1. The van der Waals surface area contributed by atoms with Gasteiger partial charge in [-0.15, -0.1) is 11.3 Å². The van der Waals surface area contributed by atoms with Crippen molar-refractivity contribution in [1.82, 2.24) is 15.1 Å². The highest BCUT2D eigenvalue weighted by Crippen LogP contribution is 2.19. The molecule has 2 aromatic heterocycles. The molecule has 0 saturated carbocycles. The molecule has 24 heavy (non-hydrogen) atoms. The molecular formula is C16H22N4O3S. The van der Waals surface area contributed by atoms with Gasteiger partial charge in [0.1, 0.15) is 0 Å².